The molecule has 2 N–H and O–H groups in total. The third-order valence-electron chi connectivity index (χ3n) is 4.77. The highest BCUT2D eigenvalue weighted by atomic mass is 35.5. The van der Waals surface area contributed by atoms with Crippen LogP contribution in [0, 0.1) is 0 Å². The van der Waals surface area contributed by atoms with Gasteiger partial charge in [-0.1, -0.05) is 49.2 Å². The lowest BCUT2D eigenvalue weighted by atomic mass is 9.91. The number of rotatable bonds is 6. The summed E-state index contributed by atoms with van der Waals surface area (Å²) in [6.45, 7) is 3.39. The van der Waals surface area contributed by atoms with Gasteiger partial charge in [0, 0.05) is 10.7 Å². The van der Waals surface area contributed by atoms with Crippen molar-refractivity contribution in [3.63, 3.8) is 0 Å². The fourth-order valence-corrected chi connectivity index (χ4v) is 3.33. The first-order chi connectivity index (χ1) is 13.3. The topological polar surface area (TPSA) is 78.5 Å². The van der Waals surface area contributed by atoms with E-state index in [4.69, 9.17) is 11.6 Å². The number of benzene rings is 2. The zero-order valence-electron chi connectivity index (χ0n) is 15.8. The maximum atomic E-state index is 12.9. The summed E-state index contributed by atoms with van der Waals surface area (Å²) in [6, 6.07) is 13.6. The van der Waals surface area contributed by atoms with Gasteiger partial charge in [0.1, 0.15) is 12.1 Å². The van der Waals surface area contributed by atoms with E-state index in [0.29, 0.717) is 16.3 Å². The van der Waals surface area contributed by atoms with Crippen molar-refractivity contribution in [2.24, 2.45) is 0 Å². The summed E-state index contributed by atoms with van der Waals surface area (Å²) in [5.41, 5.74) is 1.20. The normalized spacial score (nSPS) is 18.9. The van der Waals surface area contributed by atoms with Crippen LogP contribution in [0.2, 0.25) is 5.02 Å². The molecule has 1 fully saturated rings. The van der Waals surface area contributed by atoms with Gasteiger partial charge in [-0.05, 0) is 48.7 Å². The van der Waals surface area contributed by atoms with E-state index in [1.54, 1.807) is 31.2 Å². The number of urea groups is 1. The first kappa shape index (κ1) is 19.9. The number of nitrogens with zero attached hydrogens (tertiary/aromatic N) is 1. The monoisotopic (exact) mass is 399 g/mol. The van der Waals surface area contributed by atoms with Crippen LogP contribution in [0.15, 0.2) is 48.5 Å². The highest BCUT2D eigenvalue weighted by molar-refractivity contribution is 6.30. The number of carbonyl (C=O) groups excluding carboxylic acids is 3. The molecular weight excluding hydrogens is 378 g/mol. The summed E-state index contributed by atoms with van der Waals surface area (Å²) < 4.78 is 0. The number of anilines is 1. The van der Waals surface area contributed by atoms with Crippen molar-refractivity contribution < 1.29 is 14.4 Å². The Morgan fingerprint density at radius 1 is 1.11 bits per heavy atom. The zero-order valence-corrected chi connectivity index (χ0v) is 16.5. The Morgan fingerprint density at radius 2 is 1.75 bits per heavy atom. The molecule has 146 valence electrons. The standard InChI is InChI=1S/C21H22ClN3O3/c1-3-4-14-5-7-15(8-6-14)21(2)19(27)25(20(28)24-21)13-18(26)23-17-11-9-16(22)10-12-17/h5-12H,3-4,13H2,1-2H3,(H,23,26)(H,24,28)/t21-/m1/s1. The molecule has 0 unspecified atom stereocenters. The number of hydrogen-bond acceptors (Lipinski definition) is 3. The van der Waals surface area contributed by atoms with Crippen molar-refractivity contribution in [1.82, 2.24) is 10.2 Å². The summed E-state index contributed by atoms with van der Waals surface area (Å²) in [5.74, 6) is -0.916. The number of hydrogen-bond donors (Lipinski definition) is 2. The van der Waals surface area contributed by atoms with Gasteiger partial charge in [-0.15, -0.1) is 0 Å². The number of aryl methyl sites for hydroxylation is 1. The Hall–Kier alpha value is -2.86. The molecule has 0 radical (unpaired) electrons. The first-order valence-electron chi connectivity index (χ1n) is 9.12. The van der Waals surface area contributed by atoms with Crippen molar-refractivity contribution in [2.75, 3.05) is 11.9 Å². The summed E-state index contributed by atoms with van der Waals surface area (Å²) in [4.78, 5) is 38.5. The Kier molecular flexibility index (Phi) is 5.70. The van der Waals surface area contributed by atoms with Crippen molar-refractivity contribution >= 4 is 35.1 Å². The molecule has 1 aliphatic rings. The van der Waals surface area contributed by atoms with Gasteiger partial charge in [0.15, 0.2) is 0 Å². The highest BCUT2D eigenvalue weighted by Gasteiger charge is 2.49. The second-order valence-electron chi connectivity index (χ2n) is 6.95. The Morgan fingerprint density at radius 3 is 2.36 bits per heavy atom. The summed E-state index contributed by atoms with van der Waals surface area (Å²) >= 11 is 5.82. The summed E-state index contributed by atoms with van der Waals surface area (Å²) in [6.07, 6.45) is 1.98. The quantitative estimate of drug-likeness (QED) is 0.727. The largest absolute Gasteiger partial charge is 0.325 e. The Balaban J connectivity index is 1.71. The third-order valence-corrected chi connectivity index (χ3v) is 5.03. The molecule has 1 atom stereocenters. The lowest BCUT2D eigenvalue weighted by Gasteiger charge is -2.22. The Labute approximate surface area is 168 Å². The van der Waals surface area contributed by atoms with Crippen molar-refractivity contribution in [1.29, 1.82) is 0 Å². The van der Waals surface area contributed by atoms with Crippen molar-refractivity contribution in [2.45, 2.75) is 32.2 Å². The van der Waals surface area contributed by atoms with Crippen molar-refractivity contribution in [3.8, 4) is 0 Å². The molecule has 7 heteroatoms. The van der Waals surface area contributed by atoms with Gasteiger partial charge in [-0.3, -0.25) is 14.5 Å². The van der Waals surface area contributed by atoms with Gasteiger partial charge in [0.25, 0.3) is 5.91 Å². The van der Waals surface area contributed by atoms with Crippen LogP contribution in [0.4, 0.5) is 10.5 Å². The van der Waals surface area contributed by atoms with E-state index in [1.165, 1.54) is 5.56 Å². The molecule has 1 aliphatic heterocycles. The zero-order chi connectivity index (χ0) is 20.3. The number of halogens is 1. The fourth-order valence-electron chi connectivity index (χ4n) is 3.21. The summed E-state index contributed by atoms with van der Waals surface area (Å²) in [7, 11) is 0. The van der Waals surface area contributed by atoms with Gasteiger partial charge in [0.05, 0.1) is 0 Å². The summed E-state index contributed by atoms with van der Waals surface area (Å²) in [5, 5.41) is 5.92. The van der Waals surface area contributed by atoms with E-state index in [2.05, 4.69) is 17.6 Å². The second kappa shape index (κ2) is 8.02. The van der Waals surface area contributed by atoms with E-state index in [0.717, 1.165) is 17.7 Å². The predicted octanol–water partition coefficient (Wildman–Crippen LogP) is 3.70. The molecule has 1 saturated heterocycles. The SMILES string of the molecule is CCCc1ccc([C@@]2(C)NC(=O)N(CC(=O)Nc3ccc(Cl)cc3)C2=O)cc1. The smallest absolute Gasteiger partial charge is 0.325 e. The molecule has 0 saturated carbocycles. The maximum absolute atomic E-state index is 12.9. The molecule has 2 aromatic carbocycles. The van der Waals surface area contributed by atoms with Gasteiger partial charge in [-0.25, -0.2) is 4.79 Å². The molecule has 1 heterocycles. The highest BCUT2D eigenvalue weighted by Crippen LogP contribution is 2.29. The van der Waals surface area contributed by atoms with E-state index in [-0.39, 0.29) is 6.54 Å². The average Bonchev–Trinajstić information content (AvgIpc) is 2.88. The van der Waals surface area contributed by atoms with Crippen LogP contribution in [0.25, 0.3) is 0 Å². The lowest BCUT2D eigenvalue weighted by Crippen LogP contribution is -2.42. The molecule has 0 aromatic heterocycles. The van der Waals surface area contributed by atoms with Gasteiger partial charge < -0.3 is 10.6 Å². The first-order valence-corrected chi connectivity index (χ1v) is 9.50. The molecule has 0 bridgehead atoms. The van der Waals surface area contributed by atoms with E-state index < -0.39 is 23.4 Å². The fraction of sp³-hybridized carbons (Fsp3) is 0.286. The maximum Gasteiger partial charge on any atom is 0.325 e. The van der Waals surface area contributed by atoms with Crippen LogP contribution < -0.4 is 10.6 Å². The molecule has 0 aliphatic carbocycles. The number of amides is 4. The average molecular weight is 400 g/mol. The minimum Gasteiger partial charge on any atom is -0.325 e. The predicted molar refractivity (Wildman–Crippen MR) is 108 cm³/mol. The number of carbonyl (C=O) groups is 3. The van der Waals surface area contributed by atoms with Crippen LogP contribution in [-0.4, -0.2) is 29.3 Å². The molecule has 3 rings (SSSR count). The minimum absolute atomic E-state index is 0.364. The molecule has 6 nitrogen and oxygen atoms in total. The molecule has 4 amide bonds. The van der Waals surface area contributed by atoms with Crippen LogP contribution in [0.3, 0.4) is 0 Å². The lowest BCUT2D eigenvalue weighted by molar-refractivity contribution is -0.133. The van der Waals surface area contributed by atoms with E-state index in [9.17, 15) is 14.4 Å². The second-order valence-corrected chi connectivity index (χ2v) is 7.38. The van der Waals surface area contributed by atoms with Crippen LogP contribution in [0.1, 0.15) is 31.4 Å². The minimum atomic E-state index is -1.19. The van der Waals surface area contributed by atoms with Gasteiger partial charge in [-0.2, -0.15) is 0 Å². The van der Waals surface area contributed by atoms with Crippen molar-refractivity contribution in [3.05, 3.63) is 64.7 Å². The molecular formula is C21H22ClN3O3. The third kappa shape index (κ3) is 4.02. The number of nitrogens with one attached hydrogen (secondary N) is 2. The molecule has 0 spiro atoms. The van der Waals surface area contributed by atoms with Crippen LogP contribution >= 0.6 is 11.6 Å². The van der Waals surface area contributed by atoms with E-state index in [1.807, 2.05) is 24.3 Å². The molecule has 2 aromatic rings. The number of imide groups is 1. The molecule has 28 heavy (non-hydrogen) atoms. The van der Waals surface area contributed by atoms with Gasteiger partial charge >= 0.3 is 6.03 Å². The van der Waals surface area contributed by atoms with E-state index >= 15 is 0 Å². The Bertz CT molecular complexity index is 896. The van der Waals surface area contributed by atoms with Crippen LogP contribution in [-0.2, 0) is 21.5 Å². The van der Waals surface area contributed by atoms with Crippen LogP contribution in [0.5, 0.6) is 0 Å². The van der Waals surface area contributed by atoms with Gasteiger partial charge in [0.2, 0.25) is 5.91 Å².